The number of aryl methyl sites for hydroxylation is 1. The summed E-state index contributed by atoms with van der Waals surface area (Å²) in [6.07, 6.45) is 10.3. The van der Waals surface area contributed by atoms with Gasteiger partial charge < -0.3 is 9.47 Å². The summed E-state index contributed by atoms with van der Waals surface area (Å²) in [5.74, 6) is 2.51. The van der Waals surface area contributed by atoms with Crippen molar-refractivity contribution in [3.63, 3.8) is 0 Å². The molecule has 5 rings (SSSR count). The summed E-state index contributed by atoms with van der Waals surface area (Å²) in [6.45, 7) is 4.67. The van der Waals surface area contributed by atoms with E-state index in [1.165, 1.54) is 37.7 Å². The monoisotopic (exact) mass is 421 g/mol. The Labute approximate surface area is 185 Å². The number of hydrogen-bond acceptors (Lipinski definition) is 4. The number of benzene rings is 1. The molecule has 0 bridgehead atoms. The zero-order chi connectivity index (χ0) is 21.3. The fourth-order valence-electron chi connectivity index (χ4n) is 6.17. The van der Waals surface area contributed by atoms with E-state index >= 15 is 0 Å². The van der Waals surface area contributed by atoms with Gasteiger partial charge in [0, 0.05) is 57.5 Å². The Bertz CT molecular complexity index is 882. The van der Waals surface area contributed by atoms with Crippen LogP contribution in [-0.4, -0.2) is 56.7 Å². The van der Waals surface area contributed by atoms with Gasteiger partial charge in [0.15, 0.2) is 0 Å². The molecule has 1 amide bonds. The summed E-state index contributed by atoms with van der Waals surface area (Å²) in [7, 11) is 2.04. The summed E-state index contributed by atoms with van der Waals surface area (Å²) in [4.78, 5) is 17.6. The second-order valence-electron chi connectivity index (χ2n) is 10.2. The first-order chi connectivity index (χ1) is 15.1. The third-order valence-corrected chi connectivity index (χ3v) is 7.88. The van der Waals surface area contributed by atoms with E-state index in [4.69, 9.17) is 0 Å². The lowest BCUT2D eigenvalue weighted by Gasteiger charge is -2.51. The molecule has 6 heteroatoms. The fraction of sp³-hybridized carbons (Fsp3) is 0.640. The quantitative estimate of drug-likeness (QED) is 0.715. The molecule has 3 heterocycles. The van der Waals surface area contributed by atoms with Gasteiger partial charge in [-0.15, -0.1) is 10.2 Å². The minimum Gasteiger partial charge on any atom is -0.341 e. The molecule has 1 atom stereocenters. The number of aromatic nitrogens is 3. The normalized spacial score (nSPS) is 23.9. The second kappa shape index (κ2) is 8.73. The first kappa shape index (κ1) is 20.7. The maximum absolute atomic E-state index is 12.9. The van der Waals surface area contributed by atoms with Crippen molar-refractivity contribution in [3.8, 4) is 0 Å². The van der Waals surface area contributed by atoms with Gasteiger partial charge in [-0.25, -0.2) is 0 Å². The molecule has 1 saturated carbocycles. The first-order valence-electron chi connectivity index (χ1n) is 12.0. The van der Waals surface area contributed by atoms with E-state index < -0.39 is 0 Å². The van der Waals surface area contributed by atoms with Crippen molar-refractivity contribution in [1.82, 2.24) is 24.6 Å². The molecule has 1 aromatic heterocycles. The Morgan fingerprint density at radius 3 is 2.58 bits per heavy atom. The molecule has 0 N–H and O–H groups in total. The lowest BCUT2D eigenvalue weighted by molar-refractivity contribution is -0.144. The molecule has 1 spiro atoms. The maximum atomic E-state index is 12.9. The van der Waals surface area contributed by atoms with Gasteiger partial charge in [-0.1, -0.05) is 62.4 Å². The molecule has 0 radical (unpaired) electrons. The van der Waals surface area contributed by atoms with Crippen molar-refractivity contribution in [2.24, 2.45) is 18.4 Å². The third kappa shape index (κ3) is 4.27. The van der Waals surface area contributed by atoms with Crippen molar-refractivity contribution in [1.29, 1.82) is 0 Å². The number of rotatable bonds is 6. The topological polar surface area (TPSA) is 54.3 Å². The summed E-state index contributed by atoms with van der Waals surface area (Å²) in [6, 6.07) is 10.7. The zero-order valence-corrected chi connectivity index (χ0v) is 18.7. The van der Waals surface area contributed by atoms with Gasteiger partial charge in [-0.2, -0.15) is 0 Å². The highest BCUT2D eigenvalue weighted by molar-refractivity contribution is 5.77. The van der Waals surface area contributed by atoms with Gasteiger partial charge in [0.1, 0.15) is 12.2 Å². The highest BCUT2D eigenvalue weighted by Crippen LogP contribution is 2.49. The molecule has 31 heavy (non-hydrogen) atoms. The van der Waals surface area contributed by atoms with Crippen LogP contribution in [0.1, 0.15) is 62.3 Å². The third-order valence-electron chi connectivity index (χ3n) is 7.88. The highest BCUT2D eigenvalue weighted by atomic mass is 16.2. The second-order valence-corrected chi connectivity index (χ2v) is 10.2. The van der Waals surface area contributed by atoms with Crippen molar-refractivity contribution >= 4 is 5.91 Å². The molecule has 1 unspecified atom stereocenters. The Morgan fingerprint density at radius 2 is 1.87 bits per heavy atom. The Kier molecular flexibility index (Phi) is 5.83. The Hall–Kier alpha value is -2.21. The fourth-order valence-corrected chi connectivity index (χ4v) is 6.17. The van der Waals surface area contributed by atoms with Crippen LogP contribution in [0.3, 0.4) is 0 Å². The number of likely N-dealkylation sites (tertiary alicyclic amines) is 2. The molecule has 3 fully saturated rings. The van der Waals surface area contributed by atoms with E-state index in [0.29, 0.717) is 11.8 Å². The molecule has 3 aliphatic rings. The number of carbonyl (C=O) groups is 1. The van der Waals surface area contributed by atoms with Gasteiger partial charge >= 0.3 is 0 Å². The maximum Gasteiger partial charge on any atom is 0.222 e. The first-order valence-corrected chi connectivity index (χ1v) is 12.0. The van der Waals surface area contributed by atoms with Crippen molar-refractivity contribution < 1.29 is 4.79 Å². The standard InChI is InChI=1S/C25H35N5O/c1-28-19-26-27-24(28)22-15-29(14-21-10-6-3-7-11-21)16-25(22)17-30(18-25)23(31)13-12-20-8-4-2-5-9-20/h3,6-7,10-11,19-20,22H,2,4-5,8-9,12-18H2,1H3. The van der Waals surface area contributed by atoms with Crippen LogP contribution in [0.5, 0.6) is 0 Å². The van der Waals surface area contributed by atoms with E-state index in [2.05, 4.69) is 54.9 Å². The minimum atomic E-state index is 0.107. The zero-order valence-electron chi connectivity index (χ0n) is 18.7. The molecule has 2 saturated heterocycles. The molecule has 1 aromatic carbocycles. The number of hydrogen-bond donors (Lipinski definition) is 0. The molecule has 2 aromatic rings. The van der Waals surface area contributed by atoms with Gasteiger partial charge in [0.05, 0.1) is 0 Å². The van der Waals surface area contributed by atoms with Crippen molar-refractivity contribution in [2.45, 2.75) is 57.4 Å². The van der Waals surface area contributed by atoms with Crippen LogP contribution >= 0.6 is 0 Å². The van der Waals surface area contributed by atoms with Gasteiger partial charge in [-0.3, -0.25) is 9.69 Å². The van der Waals surface area contributed by atoms with Crippen LogP contribution in [0.25, 0.3) is 0 Å². The molecular weight excluding hydrogens is 386 g/mol. The van der Waals surface area contributed by atoms with Crippen LogP contribution in [0.15, 0.2) is 36.7 Å². The van der Waals surface area contributed by atoms with Crippen LogP contribution in [-0.2, 0) is 18.4 Å². The van der Waals surface area contributed by atoms with E-state index in [1.807, 2.05) is 7.05 Å². The average molecular weight is 422 g/mol. The minimum absolute atomic E-state index is 0.107. The lowest BCUT2D eigenvalue weighted by Crippen LogP contribution is -2.61. The van der Waals surface area contributed by atoms with Crippen molar-refractivity contribution in [3.05, 3.63) is 48.0 Å². The Morgan fingerprint density at radius 1 is 1.10 bits per heavy atom. The number of amides is 1. The SMILES string of the molecule is Cn1cnnc1C1CN(Cc2ccccc2)CC12CN(C(=O)CCC1CCCCC1)C2. The van der Waals surface area contributed by atoms with Gasteiger partial charge in [-0.05, 0) is 17.9 Å². The molecular formula is C25H35N5O. The number of nitrogens with zero attached hydrogens (tertiary/aromatic N) is 5. The molecule has 1 aliphatic carbocycles. The van der Waals surface area contributed by atoms with E-state index in [9.17, 15) is 4.79 Å². The van der Waals surface area contributed by atoms with Gasteiger partial charge in [0.2, 0.25) is 5.91 Å². The lowest BCUT2D eigenvalue weighted by atomic mass is 9.71. The van der Waals surface area contributed by atoms with E-state index in [-0.39, 0.29) is 5.41 Å². The molecule has 6 nitrogen and oxygen atoms in total. The predicted octanol–water partition coefficient (Wildman–Crippen LogP) is 3.60. The largest absolute Gasteiger partial charge is 0.341 e. The predicted molar refractivity (Wildman–Crippen MR) is 120 cm³/mol. The van der Waals surface area contributed by atoms with Crippen LogP contribution in [0, 0.1) is 11.3 Å². The number of carbonyl (C=O) groups excluding carboxylic acids is 1. The van der Waals surface area contributed by atoms with Crippen molar-refractivity contribution in [2.75, 3.05) is 26.2 Å². The van der Waals surface area contributed by atoms with Crippen LogP contribution in [0.4, 0.5) is 0 Å². The van der Waals surface area contributed by atoms with E-state index in [0.717, 1.165) is 57.3 Å². The summed E-state index contributed by atoms with van der Waals surface area (Å²) >= 11 is 0. The van der Waals surface area contributed by atoms with Crippen LogP contribution < -0.4 is 0 Å². The van der Waals surface area contributed by atoms with Crippen LogP contribution in [0.2, 0.25) is 0 Å². The smallest absolute Gasteiger partial charge is 0.222 e. The Balaban J connectivity index is 1.24. The van der Waals surface area contributed by atoms with Gasteiger partial charge in [0.25, 0.3) is 0 Å². The average Bonchev–Trinajstić information content (AvgIpc) is 3.35. The molecule has 166 valence electrons. The summed E-state index contributed by atoms with van der Waals surface area (Å²) in [5, 5.41) is 8.62. The summed E-state index contributed by atoms with van der Waals surface area (Å²) < 4.78 is 2.06. The molecule has 2 aliphatic heterocycles. The van der Waals surface area contributed by atoms with E-state index in [1.54, 1.807) is 6.33 Å². The summed E-state index contributed by atoms with van der Waals surface area (Å²) in [5.41, 5.74) is 1.45. The highest BCUT2D eigenvalue weighted by Gasteiger charge is 2.56.